The highest BCUT2D eigenvalue weighted by Crippen LogP contribution is 2.31. The van der Waals surface area contributed by atoms with Gasteiger partial charge in [0.15, 0.2) is 34.6 Å². The summed E-state index contributed by atoms with van der Waals surface area (Å²) in [5.41, 5.74) is 2.01. The number of carbonyl (C=O) groups excluding carboxylic acids is 2. The maximum atomic E-state index is 12.9. The summed E-state index contributed by atoms with van der Waals surface area (Å²) < 4.78 is 10.2. The number of benzene rings is 2. The van der Waals surface area contributed by atoms with E-state index in [9.17, 15) is 19.8 Å². The zero-order valence-electron chi connectivity index (χ0n) is 16.9. The van der Waals surface area contributed by atoms with E-state index in [4.69, 9.17) is 9.47 Å². The molecular weight excluding hydrogens is 384 g/mol. The number of carbonyl (C=O) groups is 2. The van der Waals surface area contributed by atoms with E-state index in [1.54, 1.807) is 36.4 Å². The Labute approximate surface area is 175 Å². The van der Waals surface area contributed by atoms with Gasteiger partial charge in [0.25, 0.3) is 0 Å². The lowest BCUT2D eigenvalue weighted by molar-refractivity contribution is -0.129. The molecule has 2 aromatic rings. The zero-order chi connectivity index (χ0) is 21.7. The number of hydrogen-bond acceptors (Lipinski definition) is 6. The molecule has 1 aliphatic carbocycles. The molecule has 0 bridgehead atoms. The fourth-order valence-electron chi connectivity index (χ4n) is 3.47. The van der Waals surface area contributed by atoms with Crippen molar-refractivity contribution in [1.29, 1.82) is 0 Å². The number of Topliss-reactive ketones (excluding diaryl/α,β-unsaturated/α-hetero) is 1. The molecule has 1 unspecified atom stereocenters. The first-order chi connectivity index (χ1) is 14.4. The minimum absolute atomic E-state index is 0.0177. The molecule has 0 spiro atoms. The van der Waals surface area contributed by atoms with E-state index in [0.29, 0.717) is 35.5 Å². The molecule has 2 aromatic carbocycles. The van der Waals surface area contributed by atoms with E-state index in [1.807, 2.05) is 0 Å². The van der Waals surface area contributed by atoms with E-state index in [2.05, 4.69) is 0 Å². The molecule has 2 N–H and O–H groups in total. The van der Waals surface area contributed by atoms with Gasteiger partial charge in [0, 0.05) is 0 Å². The van der Waals surface area contributed by atoms with Crippen LogP contribution in [0.25, 0.3) is 12.2 Å². The smallest absolute Gasteiger partial charge is 0.169 e. The maximum absolute atomic E-state index is 12.9. The summed E-state index contributed by atoms with van der Waals surface area (Å²) in [5.74, 6) is -0.449. The average molecular weight is 408 g/mol. The number of rotatable bonds is 6. The third-order valence-corrected chi connectivity index (χ3v) is 5.10. The molecule has 30 heavy (non-hydrogen) atoms. The van der Waals surface area contributed by atoms with Crippen LogP contribution in [0.4, 0.5) is 0 Å². The van der Waals surface area contributed by atoms with Crippen molar-refractivity contribution in [3.05, 3.63) is 59.2 Å². The van der Waals surface area contributed by atoms with Gasteiger partial charge in [-0.2, -0.15) is 0 Å². The molecular formula is C24H24O6. The summed E-state index contributed by atoms with van der Waals surface area (Å²) in [6.07, 6.45) is 6.62. The highest BCUT2D eigenvalue weighted by Gasteiger charge is 2.30. The second kappa shape index (κ2) is 9.31. The number of phenols is 2. The minimum Gasteiger partial charge on any atom is -0.504 e. The molecule has 0 aliphatic heterocycles. The van der Waals surface area contributed by atoms with E-state index in [0.717, 1.165) is 12.0 Å². The van der Waals surface area contributed by atoms with Gasteiger partial charge >= 0.3 is 0 Å². The Morgan fingerprint density at radius 3 is 2.23 bits per heavy atom. The maximum Gasteiger partial charge on any atom is 0.169 e. The normalized spacial score (nSPS) is 18.0. The van der Waals surface area contributed by atoms with Gasteiger partial charge in [0.2, 0.25) is 0 Å². The fraction of sp³-hybridized carbons (Fsp3) is 0.250. The first-order valence-electron chi connectivity index (χ1n) is 9.63. The summed E-state index contributed by atoms with van der Waals surface area (Å²) in [7, 11) is 2.91. The molecule has 156 valence electrons. The summed E-state index contributed by atoms with van der Waals surface area (Å²) in [5, 5.41) is 19.4. The van der Waals surface area contributed by atoms with Crippen LogP contribution in [-0.2, 0) is 9.59 Å². The fourth-order valence-corrected chi connectivity index (χ4v) is 3.47. The molecule has 6 nitrogen and oxygen atoms in total. The molecule has 1 aliphatic rings. The molecule has 6 heteroatoms. The van der Waals surface area contributed by atoms with Crippen LogP contribution in [0.15, 0.2) is 48.0 Å². The summed E-state index contributed by atoms with van der Waals surface area (Å²) in [4.78, 5) is 25.6. The van der Waals surface area contributed by atoms with Crippen LogP contribution in [-0.4, -0.2) is 36.0 Å². The molecule has 1 saturated carbocycles. The van der Waals surface area contributed by atoms with Crippen LogP contribution in [0.1, 0.15) is 30.4 Å². The van der Waals surface area contributed by atoms with Gasteiger partial charge in [-0.15, -0.1) is 0 Å². The Morgan fingerprint density at radius 2 is 1.60 bits per heavy atom. The summed E-state index contributed by atoms with van der Waals surface area (Å²) >= 11 is 0. The van der Waals surface area contributed by atoms with Crippen molar-refractivity contribution in [3.63, 3.8) is 0 Å². The van der Waals surface area contributed by atoms with Gasteiger partial charge < -0.3 is 19.7 Å². The van der Waals surface area contributed by atoms with E-state index >= 15 is 0 Å². The third-order valence-electron chi connectivity index (χ3n) is 5.10. The number of ether oxygens (including phenoxy) is 2. The van der Waals surface area contributed by atoms with Crippen LogP contribution < -0.4 is 9.47 Å². The number of methoxy groups -OCH3 is 2. The lowest BCUT2D eigenvalue weighted by Crippen LogP contribution is -2.27. The van der Waals surface area contributed by atoms with Gasteiger partial charge in [-0.3, -0.25) is 9.59 Å². The van der Waals surface area contributed by atoms with Crippen molar-refractivity contribution < 1.29 is 29.3 Å². The van der Waals surface area contributed by atoms with Crippen molar-refractivity contribution >= 4 is 23.7 Å². The number of ketones is 2. The quantitative estimate of drug-likeness (QED) is 0.551. The Kier molecular flexibility index (Phi) is 6.57. The second-order valence-electron chi connectivity index (χ2n) is 7.08. The lowest BCUT2D eigenvalue weighted by Gasteiger charge is -2.21. The number of phenolic OH excluding ortho intramolecular Hbond substituents is 2. The van der Waals surface area contributed by atoms with E-state index in [-0.39, 0.29) is 23.1 Å². The third kappa shape index (κ3) is 4.71. The second-order valence-corrected chi connectivity index (χ2v) is 7.08. The van der Waals surface area contributed by atoms with Gasteiger partial charge in [0.1, 0.15) is 0 Å². The first-order valence-corrected chi connectivity index (χ1v) is 9.63. The van der Waals surface area contributed by atoms with Crippen LogP contribution in [0.2, 0.25) is 0 Å². The standard InChI is InChI=1S/C24H24O6/c1-29-22-13-15(7-10-20(22)26)6-9-19(25)18-5-3-4-17(24(18)28)12-16-8-11-21(27)23(14-16)30-2/h6-14,18,26-27H,3-5H2,1-2H3/b9-6+,17-12+. The Bertz CT molecular complexity index is 1020. The van der Waals surface area contributed by atoms with Crippen LogP contribution in [0.3, 0.4) is 0 Å². The zero-order valence-corrected chi connectivity index (χ0v) is 16.9. The lowest BCUT2D eigenvalue weighted by atomic mass is 9.81. The molecule has 1 atom stereocenters. The van der Waals surface area contributed by atoms with Crippen molar-refractivity contribution in [3.8, 4) is 23.0 Å². The summed E-state index contributed by atoms with van der Waals surface area (Å²) in [6.45, 7) is 0. The van der Waals surface area contributed by atoms with Crippen LogP contribution >= 0.6 is 0 Å². The van der Waals surface area contributed by atoms with Crippen molar-refractivity contribution in [1.82, 2.24) is 0 Å². The molecule has 1 fully saturated rings. The monoisotopic (exact) mass is 408 g/mol. The highest BCUT2D eigenvalue weighted by molar-refractivity contribution is 6.16. The van der Waals surface area contributed by atoms with Gasteiger partial charge in [-0.05, 0) is 72.4 Å². The number of allylic oxidation sites excluding steroid dienone is 2. The summed E-state index contributed by atoms with van der Waals surface area (Å²) in [6, 6.07) is 9.62. The van der Waals surface area contributed by atoms with Crippen molar-refractivity contribution in [2.24, 2.45) is 5.92 Å². The van der Waals surface area contributed by atoms with Crippen LogP contribution in [0, 0.1) is 5.92 Å². The molecule has 0 radical (unpaired) electrons. The molecule has 3 rings (SSSR count). The Hall–Kier alpha value is -3.54. The predicted molar refractivity (Wildman–Crippen MR) is 114 cm³/mol. The largest absolute Gasteiger partial charge is 0.504 e. The van der Waals surface area contributed by atoms with E-state index in [1.165, 1.54) is 32.4 Å². The highest BCUT2D eigenvalue weighted by atomic mass is 16.5. The topological polar surface area (TPSA) is 93.1 Å². The van der Waals surface area contributed by atoms with Crippen molar-refractivity contribution in [2.45, 2.75) is 19.3 Å². The number of aromatic hydroxyl groups is 2. The van der Waals surface area contributed by atoms with Crippen LogP contribution in [0.5, 0.6) is 23.0 Å². The minimum atomic E-state index is -0.709. The molecule has 0 heterocycles. The molecule has 0 amide bonds. The SMILES string of the molecule is COc1cc(/C=C/C(=O)C2CCC/C(=C\c3ccc(O)c(OC)c3)C2=O)ccc1O. The van der Waals surface area contributed by atoms with Gasteiger partial charge in [-0.1, -0.05) is 18.2 Å². The van der Waals surface area contributed by atoms with E-state index < -0.39 is 5.92 Å². The van der Waals surface area contributed by atoms with Gasteiger partial charge in [0.05, 0.1) is 20.1 Å². The molecule has 0 aromatic heterocycles. The predicted octanol–water partition coefficient (Wildman–Crippen LogP) is 4.15. The molecule has 0 saturated heterocycles. The van der Waals surface area contributed by atoms with Gasteiger partial charge in [-0.25, -0.2) is 0 Å². The Balaban J connectivity index is 1.77. The Morgan fingerprint density at radius 1 is 1.00 bits per heavy atom. The number of hydrogen-bond donors (Lipinski definition) is 2. The first kappa shape index (κ1) is 21.2. The average Bonchev–Trinajstić information content (AvgIpc) is 2.75. The van der Waals surface area contributed by atoms with Crippen molar-refractivity contribution in [2.75, 3.05) is 14.2 Å².